The van der Waals surface area contributed by atoms with E-state index in [1.165, 1.54) is 24.8 Å². The number of rotatable bonds is 7. The van der Waals surface area contributed by atoms with Crippen LogP contribution in [0.3, 0.4) is 0 Å². The lowest BCUT2D eigenvalue weighted by Gasteiger charge is -2.36. The first-order valence-corrected chi connectivity index (χ1v) is 12.6. The van der Waals surface area contributed by atoms with Crippen molar-refractivity contribution in [3.05, 3.63) is 64.7 Å². The molecule has 0 bridgehead atoms. The van der Waals surface area contributed by atoms with Gasteiger partial charge in [0.15, 0.2) is 0 Å². The Bertz CT molecular complexity index is 950. The summed E-state index contributed by atoms with van der Waals surface area (Å²) in [5, 5.41) is 3.84. The Morgan fingerprint density at radius 1 is 0.971 bits per heavy atom. The van der Waals surface area contributed by atoms with Gasteiger partial charge in [0.2, 0.25) is 5.91 Å². The molecule has 0 spiro atoms. The number of halogens is 1. The molecule has 0 radical (unpaired) electrons. The Labute approximate surface area is 207 Å². The van der Waals surface area contributed by atoms with Gasteiger partial charge in [-0.15, -0.1) is 0 Å². The fraction of sp³-hybridized carbons (Fsp3) is 0.481. The second kappa shape index (κ2) is 11.7. The lowest BCUT2D eigenvalue weighted by Crippen LogP contribution is -2.45. The predicted molar refractivity (Wildman–Crippen MR) is 134 cm³/mol. The van der Waals surface area contributed by atoms with E-state index in [0.717, 1.165) is 18.8 Å². The van der Waals surface area contributed by atoms with Crippen LogP contribution in [0.1, 0.15) is 54.1 Å². The van der Waals surface area contributed by atoms with E-state index in [4.69, 9.17) is 16.3 Å². The summed E-state index contributed by atoms with van der Waals surface area (Å²) in [5.41, 5.74) is 1.84. The fourth-order valence-corrected chi connectivity index (χ4v) is 5.10. The number of hydrogen-bond donors (Lipinski definition) is 1. The molecule has 2 amide bonds. The Hall–Kier alpha value is -2.57. The highest BCUT2D eigenvalue weighted by Crippen LogP contribution is 2.27. The number of ether oxygens (including phenoxy) is 1. The van der Waals surface area contributed by atoms with Crippen LogP contribution in [0.5, 0.6) is 5.75 Å². The number of carbonyl (C=O) groups is 2. The average molecular weight is 484 g/mol. The molecule has 6 nitrogen and oxygen atoms in total. The number of hydrogen-bond acceptors (Lipinski definition) is 4. The van der Waals surface area contributed by atoms with Crippen molar-refractivity contribution < 1.29 is 14.3 Å². The summed E-state index contributed by atoms with van der Waals surface area (Å²) in [6.45, 7) is 3.88. The van der Waals surface area contributed by atoms with Gasteiger partial charge in [0.05, 0.1) is 13.2 Å². The largest absolute Gasteiger partial charge is 0.497 e. The van der Waals surface area contributed by atoms with E-state index in [1.807, 2.05) is 17.0 Å². The average Bonchev–Trinajstić information content (AvgIpc) is 2.90. The van der Waals surface area contributed by atoms with Crippen LogP contribution in [0.4, 0.5) is 0 Å². The van der Waals surface area contributed by atoms with Crippen LogP contribution in [0.2, 0.25) is 5.02 Å². The quantitative estimate of drug-likeness (QED) is 0.627. The second-order valence-electron chi connectivity index (χ2n) is 9.20. The van der Waals surface area contributed by atoms with E-state index in [0.29, 0.717) is 43.1 Å². The molecule has 182 valence electrons. The molecule has 0 aliphatic carbocycles. The summed E-state index contributed by atoms with van der Waals surface area (Å²) in [6, 6.07) is 15.3. The Morgan fingerprint density at radius 2 is 1.62 bits per heavy atom. The van der Waals surface area contributed by atoms with Gasteiger partial charge in [-0.1, -0.05) is 30.2 Å². The maximum Gasteiger partial charge on any atom is 0.253 e. The van der Waals surface area contributed by atoms with Crippen molar-refractivity contribution in [1.82, 2.24) is 15.1 Å². The molecule has 1 unspecified atom stereocenters. The van der Waals surface area contributed by atoms with Gasteiger partial charge >= 0.3 is 0 Å². The maximum absolute atomic E-state index is 13.0. The molecule has 7 heteroatoms. The topological polar surface area (TPSA) is 61.9 Å². The van der Waals surface area contributed by atoms with E-state index in [2.05, 4.69) is 22.3 Å². The monoisotopic (exact) mass is 483 g/mol. The Morgan fingerprint density at radius 3 is 2.24 bits per heavy atom. The number of methoxy groups -OCH3 is 1. The van der Waals surface area contributed by atoms with Gasteiger partial charge < -0.3 is 15.0 Å². The maximum atomic E-state index is 13.0. The Kier molecular flexibility index (Phi) is 8.46. The molecule has 2 saturated heterocycles. The highest BCUT2D eigenvalue weighted by atomic mass is 35.5. The third kappa shape index (κ3) is 6.10. The number of nitrogens with zero attached hydrogens (tertiary/aromatic N) is 2. The van der Waals surface area contributed by atoms with Gasteiger partial charge in [-0.25, -0.2) is 0 Å². The fourth-order valence-electron chi connectivity index (χ4n) is 4.98. The van der Waals surface area contributed by atoms with E-state index in [1.54, 1.807) is 31.4 Å². The minimum atomic E-state index is -0.0628. The van der Waals surface area contributed by atoms with Crippen LogP contribution in [-0.4, -0.2) is 61.4 Å². The number of nitrogens with one attached hydrogen (secondary N) is 1. The number of carbonyl (C=O) groups excluding carboxylic acids is 2. The normalized spacial score (nSPS) is 18.4. The molecule has 0 saturated carbocycles. The van der Waals surface area contributed by atoms with Crippen molar-refractivity contribution >= 4 is 23.4 Å². The molecule has 2 aromatic rings. The standard InChI is InChI=1S/C27H34ClN3O3/c1-34-24-11-7-20(8-12-24)25(30-15-3-2-4-16-30)19-29-26(32)21-13-17-31(18-14-21)27(33)22-5-9-23(28)10-6-22/h5-12,21,25H,2-4,13-19H2,1H3,(H,29,32). The van der Waals surface area contributed by atoms with Gasteiger partial charge in [-0.2, -0.15) is 0 Å². The first kappa shape index (κ1) is 24.6. The van der Waals surface area contributed by atoms with Crippen molar-refractivity contribution in [2.45, 2.75) is 38.1 Å². The number of likely N-dealkylation sites (tertiary alicyclic amines) is 2. The smallest absolute Gasteiger partial charge is 0.253 e. The SMILES string of the molecule is COc1ccc(C(CNC(=O)C2CCN(C(=O)c3ccc(Cl)cc3)CC2)N2CCCCC2)cc1. The van der Waals surface area contributed by atoms with Gasteiger partial charge in [-0.3, -0.25) is 14.5 Å². The van der Waals surface area contributed by atoms with Crippen LogP contribution < -0.4 is 10.1 Å². The highest BCUT2D eigenvalue weighted by molar-refractivity contribution is 6.30. The summed E-state index contributed by atoms with van der Waals surface area (Å²) in [6.07, 6.45) is 5.02. The lowest BCUT2D eigenvalue weighted by atomic mass is 9.95. The molecule has 2 aliphatic heterocycles. The first-order valence-electron chi connectivity index (χ1n) is 12.3. The lowest BCUT2D eigenvalue weighted by molar-refractivity contribution is -0.126. The van der Waals surface area contributed by atoms with Crippen molar-refractivity contribution in [3.63, 3.8) is 0 Å². The third-order valence-corrected chi connectivity index (χ3v) is 7.30. The molecule has 2 aromatic carbocycles. The molecular weight excluding hydrogens is 450 g/mol. The van der Waals surface area contributed by atoms with Gasteiger partial charge in [-0.05, 0) is 80.7 Å². The molecular formula is C27H34ClN3O3. The molecule has 0 aromatic heterocycles. The third-order valence-electron chi connectivity index (χ3n) is 7.05. The Balaban J connectivity index is 1.32. The summed E-state index contributed by atoms with van der Waals surface area (Å²) in [5.74, 6) is 0.867. The van der Waals surface area contributed by atoms with E-state index in [9.17, 15) is 9.59 Å². The minimum absolute atomic E-state index is 0.000179. The van der Waals surface area contributed by atoms with E-state index in [-0.39, 0.29) is 23.8 Å². The summed E-state index contributed by atoms with van der Waals surface area (Å²) in [7, 11) is 1.67. The zero-order chi connectivity index (χ0) is 23.9. The van der Waals surface area contributed by atoms with E-state index < -0.39 is 0 Å². The second-order valence-corrected chi connectivity index (χ2v) is 9.64. The zero-order valence-corrected chi connectivity index (χ0v) is 20.6. The molecule has 2 aliphatic rings. The van der Waals surface area contributed by atoms with Crippen molar-refractivity contribution in [1.29, 1.82) is 0 Å². The van der Waals surface area contributed by atoms with Gasteiger partial charge in [0.1, 0.15) is 5.75 Å². The van der Waals surface area contributed by atoms with Crippen LogP contribution in [0, 0.1) is 5.92 Å². The number of amides is 2. The minimum Gasteiger partial charge on any atom is -0.497 e. The van der Waals surface area contributed by atoms with Gasteiger partial charge in [0, 0.05) is 36.1 Å². The highest BCUT2D eigenvalue weighted by Gasteiger charge is 2.29. The van der Waals surface area contributed by atoms with Crippen LogP contribution in [0.15, 0.2) is 48.5 Å². The molecule has 34 heavy (non-hydrogen) atoms. The predicted octanol–water partition coefficient (Wildman–Crippen LogP) is 4.54. The number of piperidine rings is 2. The molecule has 4 rings (SSSR count). The van der Waals surface area contributed by atoms with Crippen molar-refractivity contribution in [3.8, 4) is 5.75 Å². The molecule has 1 N–H and O–H groups in total. The van der Waals surface area contributed by atoms with E-state index >= 15 is 0 Å². The van der Waals surface area contributed by atoms with Crippen LogP contribution in [0.25, 0.3) is 0 Å². The molecule has 2 fully saturated rings. The van der Waals surface area contributed by atoms with Crippen molar-refractivity contribution in [2.24, 2.45) is 5.92 Å². The molecule has 1 atom stereocenters. The summed E-state index contributed by atoms with van der Waals surface area (Å²) < 4.78 is 5.31. The molecule has 2 heterocycles. The van der Waals surface area contributed by atoms with Crippen LogP contribution >= 0.6 is 11.6 Å². The number of benzene rings is 2. The summed E-state index contributed by atoms with van der Waals surface area (Å²) >= 11 is 5.93. The summed E-state index contributed by atoms with van der Waals surface area (Å²) in [4.78, 5) is 30.1. The first-order chi connectivity index (χ1) is 16.5. The van der Waals surface area contributed by atoms with Crippen molar-refractivity contribution in [2.75, 3.05) is 39.8 Å². The van der Waals surface area contributed by atoms with Crippen LogP contribution in [-0.2, 0) is 4.79 Å². The zero-order valence-electron chi connectivity index (χ0n) is 19.8. The van der Waals surface area contributed by atoms with Gasteiger partial charge in [0.25, 0.3) is 5.91 Å².